The van der Waals surface area contributed by atoms with Crippen LogP contribution in [0.3, 0.4) is 0 Å². The van der Waals surface area contributed by atoms with Gasteiger partial charge in [0, 0.05) is 11.6 Å². The number of Topliss-reactive ketones (excluding diaryl/α,β-unsaturated/α-hetero) is 1. The molecule has 0 spiro atoms. The van der Waals surface area contributed by atoms with Crippen molar-refractivity contribution in [2.75, 3.05) is 25.3 Å². The van der Waals surface area contributed by atoms with Crippen molar-refractivity contribution >= 4 is 29.1 Å². The van der Waals surface area contributed by atoms with Crippen LogP contribution in [0.2, 0.25) is 0 Å². The van der Waals surface area contributed by atoms with Crippen molar-refractivity contribution in [1.82, 2.24) is 9.97 Å². The van der Waals surface area contributed by atoms with Crippen LogP contribution < -0.4 is 14.8 Å². The summed E-state index contributed by atoms with van der Waals surface area (Å²) in [5.41, 5.74) is -0.872. The van der Waals surface area contributed by atoms with E-state index in [1.807, 2.05) is 0 Å². The summed E-state index contributed by atoms with van der Waals surface area (Å²) in [5, 5.41) is 2.30. The first-order chi connectivity index (χ1) is 15.6. The maximum atomic E-state index is 13.3. The number of ether oxygens (including phenoxy) is 2. The Bertz CT molecular complexity index is 1170. The van der Waals surface area contributed by atoms with E-state index in [2.05, 4.69) is 15.3 Å². The summed E-state index contributed by atoms with van der Waals surface area (Å²) < 4.78 is 55.3. The molecular formula is C21H18F3N3O5S. The lowest BCUT2D eigenvalue weighted by molar-refractivity contribution is -0.141. The number of thioether (sulfide) groups is 1. The number of carbonyl (C=O) groups is 2. The number of amides is 1. The molecule has 0 saturated carbocycles. The Hall–Kier alpha value is -3.54. The van der Waals surface area contributed by atoms with Crippen molar-refractivity contribution in [3.05, 3.63) is 47.9 Å². The van der Waals surface area contributed by atoms with Crippen molar-refractivity contribution < 1.29 is 36.7 Å². The molecule has 33 heavy (non-hydrogen) atoms. The Morgan fingerprint density at radius 2 is 1.82 bits per heavy atom. The van der Waals surface area contributed by atoms with Crippen molar-refractivity contribution in [2.24, 2.45) is 0 Å². The predicted molar refractivity (Wildman–Crippen MR) is 114 cm³/mol. The largest absolute Gasteiger partial charge is 0.493 e. The van der Waals surface area contributed by atoms with Crippen LogP contribution in [-0.2, 0) is 11.0 Å². The van der Waals surface area contributed by atoms with Gasteiger partial charge in [0.2, 0.25) is 5.91 Å². The smallest absolute Gasteiger partial charge is 0.433 e. The van der Waals surface area contributed by atoms with Gasteiger partial charge in [0.1, 0.15) is 11.4 Å². The number of anilines is 1. The summed E-state index contributed by atoms with van der Waals surface area (Å²) in [6.45, 7) is 1.32. The molecule has 0 aliphatic heterocycles. The van der Waals surface area contributed by atoms with Gasteiger partial charge in [0.25, 0.3) is 0 Å². The third-order valence-electron chi connectivity index (χ3n) is 4.28. The zero-order valence-corrected chi connectivity index (χ0v) is 18.5. The number of furan rings is 1. The number of aromatic nitrogens is 2. The Balaban J connectivity index is 1.81. The molecule has 0 aliphatic rings. The highest BCUT2D eigenvalue weighted by atomic mass is 32.2. The van der Waals surface area contributed by atoms with Gasteiger partial charge in [-0.25, -0.2) is 9.97 Å². The number of carbonyl (C=O) groups excluding carboxylic acids is 2. The molecule has 3 rings (SSSR count). The molecule has 2 aromatic heterocycles. The van der Waals surface area contributed by atoms with Crippen molar-refractivity contribution in [2.45, 2.75) is 18.3 Å². The molecule has 1 amide bonds. The Labute approximate surface area is 190 Å². The minimum atomic E-state index is -4.71. The first-order valence-electron chi connectivity index (χ1n) is 9.32. The number of benzene rings is 1. The molecule has 0 unspecified atom stereocenters. The van der Waals surface area contributed by atoms with Gasteiger partial charge >= 0.3 is 6.18 Å². The van der Waals surface area contributed by atoms with Crippen LogP contribution in [0.25, 0.3) is 11.5 Å². The summed E-state index contributed by atoms with van der Waals surface area (Å²) >= 11 is 0.705. The molecule has 0 aliphatic carbocycles. The number of ketones is 1. The van der Waals surface area contributed by atoms with Gasteiger partial charge in [-0.15, -0.1) is 0 Å². The highest BCUT2D eigenvalue weighted by molar-refractivity contribution is 7.99. The van der Waals surface area contributed by atoms with Gasteiger partial charge < -0.3 is 19.2 Å². The zero-order valence-electron chi connectivity index (χ0n) is 17.6. The van der Waals surface area contributed by atoms with E-state index >= 15 is 0 Å². The van der Waals surface area contributed by atoms with Crippen molar-refractivity contribution in [3.8, 4) is 23.0 Å². The third-order valence-corrected chi connectivity index (χ3v) is 5.13. The minimum Gasteiger partial charge on any atom is -0.493 e. The van der Waals surface area contributed by atoms with Crippen LogP contribution in [0.15, 0.2) is 46.2 Å². The molecular weight excluding hydrogens is 463 g/mol. The van der Waals surface area contributed by atoms with Crippen LogP contribution in [0.5, 0.6) is 11.5 Å². The predicted octanol–water partition coefficient (Wildman–Crippen LogP) is 4.71. The third kappa shape index (κ3) is 5.83. The number of alkyl halides is 3. The fourth-order valence-electron chi connectivity index (χ4n) is 2.78. The number of hydrogen-bond acceptors (Lipinski definition) is 8. The highest BCUT2D eigenvalue weighted by Gasteiger charge is 2.34. The van der Waals surface area contributed by atoms with Crippen LogP contribution in [0.4, 0.5) is 18.9 Å². The number of halogens is 3. The first-order valence-corrected chi connectivity index (χ1v) is 10.3. The molecule has 174 valence electrons. The second-order valence-electron chi connectivity index (χ2n) is 6.54. The molecule has 1 aromatic carbocycles. The summed E-state index contributed by atoms with van der Waals surface area (Å²) in [5.74, 6) is -0.512. The van der Waals surface area contributed by atoms with E-state index in [0.717, 1.165) is 6.07 Å². The Morgan fingerprint density at radius 3 is 2.39 bits per heavy atom. The molecule has 0 atom stereocenters. The van der Waals surface area contributed by atoms with Gasteiger partial charge in [-0.1, -0.05) is 11.8 Å². The molecule has 0 bridgehead atoms. The van der Waals surface area contributed by atoms with Gasteiger partial charge in [0.05, 0.1) is 31.9 Å². The monoisotopic (exact) mass is 481 g/mol. The maximum Gasteiger partial charge on any atom is 0.433 e. The molecule has 0 radical (unpaired) electrons. The number of rotatable bonds is 8. The standard InChI is InChI=1S/C21H18F3N3O5S/c1-11(28)12-7-16(30-2)17(31-3)8-13(12)25-19(29)10-33-20-26-14(15-5-4-6-32-15)9-18(27-20)21(22,23)24/h4-9H,10H2,1-3H3,(H,25,29). The van der Waals surface area contributed by atoms with Gasteiger partial charge in [-0.2, -0.15) is 13.2 Å². The van der Waals surface area contributed by atoms with Crippen LogP contribution >= 0.6 is 11.8 Å². The number of methoxy groups -OCH3 is 2. The highest BCUT2D eigenvalue weighted by Crippen LogP contribution is 2.34. The molecule has 3 aromatic rings. The summed E-state index contributed by atoms with van der Waals surface area (Å²) in [7, 11) is 2.80. The molecule has 8 nitrogen and oxygen atoms in total. The van der Waals surface area contributed by atoms with E-state index in [9.17, 15) is 22.8 Å². The zero-order chi connectivity index (χ0) is 24.2. The maximum absolute atomic E-state index is 13.3. The lowest BCUT2D eigenvalue weighted by Gasteiger charge is -2.14. The number of hydrogen-bond donors (Lipinski definition) is 1. The van der Waals surface area contributed by atoms with E-state index in [0.29, 0.717) is 17.5 Å². The minimum absolute atomic E-state index is 0.0658. The lowest BCUT2D eigenvalue weighted by atomic mass is 10.1. The topological polar surface area (TPSA) is 104 Å². The van der Waals surface area contributed by atoms with Gasteiger partial charge in [0.15, 0.2) is 28.2 Å². The van der Waals surface area contributed by atoms with Crippen molar-refractivity contribution in [1.29, 1.82) is 0 Å². The molecule has 1 N–H and O–H groups in total. The van der Waals surface area contributed by atoms with Crippen LogP contribution in [-0.4, -0.2) is 41.6 Å². The molecule has 0 saturated heterocycles. The van der Waals surface area contributed by atoms with Crippen LogP contribution in [0.1, 0.15) is 23.0 Å². The van der Waals surface area contributed by atoms with Crippen LogP contribution in [0, 0.1) is 0 Å². The fourth-order valence-corrected chi connectivity index (χ4v) is 3.43. The van der Waals surface area contributed by atoms with E-state index in [1.165, 1.54) is 51.7 Å². The summed E-state index contributed by atoms with van der Waals surface area (Å²) in [4.78, 5) is 32.0. The molecule has 0 fully saturated rings. The fraction of sp³-hybridized carbons (Fsp3) is 0.238. The number of nitrogens with zero attached hydrogens (tertiary/aromatic N) is 2. The Kier molecular flexibility index (Phi) is 7.26. The quantitative estimate of drug-likeness (QED) is 0.280. The van der Waals surface area contributed by atoms with E-state index in [-0.39, 0.29) is 45.1 Å². The SMILES string of the molecule is COc1cc(NC(=O)CSc2nc(-c3ccco3)cc(C(F)(F)F)n2)c(C(C)=O)cc1OC. The van der Waals surface area contributed by atoms with E-state index in [1.54, 1.807) is 0 Å². The lowest BCUT2D eigenvalue weighted by Crippen LogP contribution is -2.17. The first kappa shape index (κ1) is 24.1. The number of nitrogens with one attached hydrogen (secondary N) is 1. The Morgan fingerprint density at radius 1 is 1.12 bits per heavy atom. The summed E-state index contributed by atoms with van der Waals surface area (Å²) in [6.07, 6.45) is -3.40. The second-order valence-corrected chi connectivity index (χ2v) is 7.48. The normalized spacial score (nSPS) is 11.2. The average molecular weight is 481 g/mol. The van der Waals surface area contributed by atoms with E-state index in [4.69, 9.17) is 13.9 Å². The van der Waals surface area contributed by atoms with Gasteiger partial charge in [-0.05, 0) is 31.2 Å². The van der Waals surface area contributed by atoms with Crippen molar-refractivity contribution in [3.63, 3.8) is 0 Å². The van der Waals surface area contributed by atoms with E-state index < -0.39 is 17.8 Å². The molecule has 12 heteroatoms. The second kappa shape index (κ2) is 9.94. The van der Waals surface area contributed by atoms with Gasteiger partial charge in [-0.3, -0.25) is 9.59 Å². The summed E-state index contributed by atoms with van der Waals surface area (Å²) in [6, 6.07) is 6.60. The average Bonchev–Trinajstić information content (AvgIpc) is 3.31. The molecule has 2 heterocycles.